The molecule has 0 bridgehead atoms. The summed E-state index contributed by atoms with van der Waals surface area (Å²) in [6.45, 7) is 3.50. The fourth-order valence-corrected chi connectivity index (χ4v) is 0.621. The Morgan fingerprint density at radius 1 is 1.64 bits per heavy atom. The summed E-state index contributed by atoms with van der Waals surface area (Å²) in [7, 11) is 0. The Balaban J connectivity index is 0. The van der Waals surface area contributed by atoms with E-state index in [9.17, 15) is 0 Å². The first-order valence-corrected chi connectivity index (χ1v) is 4.53. The summed E-state index contributed by atoms with van der Waals surface area (Å²) in [6, 6.07) is 0. The van der Waals surface area contributed by atoms with Gasteiger partial charge in [-0.3, -0.25) is 4.79 Å². The minimum Gasteiger partial charge on any atom is -0.481 e. The maximum atomic E-state index is 9.00. The highest BCUT2D eigenvalue weighted by atomic mass is 79.9. The largest absolute Gasteiger partial charge is 0.481 e. The lowest BCUT2D eigenvalue weighted by Crippen LogP contribution is -1.97. The van der Waals surface area contributed by atoms with E-state index < -0.39 is 5.97 Å². The van der Waals surface area contributed by atoms with E-state index in [1.54, 1.807) is 0 Å². The van der Waals surface area contributed by atoms with Gasteiger partial charge in [0.2, 0.25) is 0 Å². The Hall–Kier alpha value is -0.0900. The number of aliphatic hydroxyl groups excluding tert-OH is 1. The predicted octanol–water partition coefficient (Wildman–Crippen LogP) is 1.49. The number of hydrogen-bond acceptors (Lipinski definition) is 2. The molecular weight excluding hydrogens is 212 g/mol. The molecule has 0 spiro atoms. The summed E-state index contributed by atoms with van der Waals surface area (Å²) in [4.78, 5) is 9.00. The molecule has 4 heteroatoms. The monoisotopic (exact) mass is 226 g/mol. The molecule has 0 aliphatic heterocycles. The van der Waals surface area contributed by atoms with Gasteiger partial charge in [0.1, 0.15) is 0 Å². The molecule has 0 aromatic rings. The normalized spacial score (nSPS) is 11.3. The second kappa shape index (κ2) is 9.91. The van der Waals surface area contributed by atoms with Crippen molar-refractivity contribution in [2.24, 2.45) is 5.92 Å². The van der Waals surface area contributed by atoms with Gasteiger partial charge in [-0.15, -0.1) is 0 Å². The maximum Gasteiger partial charge on any atom is 0.300 e. The van der Waals surface area contributed by atoms with Crippen LogP contribution in [-0.2, 0) is 4.79 Å². The summed E-state index contributed by atoms with van der Waals surface area (Å²) in [5, 5.41) is 16.8. The van der Waals surface area contributed by atoms with Crippen molar-refractivity contribution < 1.29 is 15.0 Å². The lowest BCUT2D eigenvalue weighted by Gasteiger charge is -2.00. The van der Waals surface area contributed by atoms with Crippen LogP contribution in [0.2, 0.25) is 0 Å². The van der Waals surface area contributed by atoms with Crippen LogP contribution >= 0.6 is 15.9 Å². The van der Waals surface area contributed by atoms with Crippen molar-refractivity contribution in [2.75, 3.05) is 11.9 Å². The molecule has 0 aliphatic rings. The molecule has 11 heavy (non-hydrogen) atoms. The van der Waals surface area contributed by atoms with Crippen LogP contribution in [0.15, 0.2) is 0 Å². The molecule has 0 amide bonds. The molecule has 0 saturated carbocycles. The van der Waals surface area contributed by atoms with Crippen LogP contribution in [0.1, 0.15) is 20.3 Å². The van der Waals surface area contributed by atoms with Gasteiger partial charge in [-0.25, -0.2) is 0 Å². The Kier molecular flexibility index (Phi) is 12.2. The van der Waals surface area contributed by atoms with E-state index in [4.69, 9.17) is 15.0 Å². The van der Waals surface area contributed by atoms with E-state index in [0.29, 0.717) is 12.5 Å². The molecular formula is C7H15BrO3. The second-order valence-corrected chi connectivity index (χ2v) is 2.94. The molecule has 0 saturated heterocycles. The zero-order valence-corrected chi connectivity index (χ0v) is 8.47. The number of hydrogen-bond donors (Lipinski definition) is 2. The van der Waals surface area contributed by atoms with E-state index >= 15 is 0 Å². The maximum absolute atomic E-state index is 9.00. The predicted molar refractivity (Wildman–Crippen MR) is 48.0 cm³/mol. The van der Waals surface area contributed by atoms with Gasteiger partial charge in [0.15, 0.2) is 0 Å². The van der Waals surface area contributed by atoms with E-state index in [0.717, 1.165) is 18.7 Å². The number of carboxylic acid groups (broad SMARTS) is 1. The number of carbonyl (C=O) groups is 1. The van der Waals surface area contributed by atoms with Crippen LogP contribution in [0, 0.1) is 5.92 Å². The van der Waals surface area contributed by atoms with Crippen molar-refractivity contribution in [3.05, 3.63) is 0 Å². The average Bonchev–Trinajstić information content (AvgIpc) is 1.87. The first-order valence-electron chi connectivity index (χ1n) is 3.41. The Labute approximate surface area is 75.6 Å². The average molecular weight is 227 g/mol. The fourth-order valence-electron chi connectivity index (χ4n) is 0.298. The fraction of sp³-hybridized carbons (Fsp3) is 0.857. The lowest BCUT2D eigenvalue weighted by atomic mass is 10.1. The van der Waals surface area contributed by atoms with Gasteiger partial charge in [-0.2, -0.15) is 0 Å². The van der Waals surface area contributed by atoms with Crippen LogP contribution in [-0.4, -0.2) is 28.1 Å². The molecule has 1 atom stereocenters. The van der Waals surface area contributed by atoms with Crippen LogP contribution in [0.25, 0.3) is 0 Å². The second-order valence-electron chi connectivity index (χ2n) is 2.29. The van der Waals surface area contributed by atoms with Crippen molar-refractivity contribution in [3.8, 4) is 0 Å². The van der Waals surface area contributed by atoms with Crippen LogP contribution < -0.4 is 0 Å². The highest BCUT2D eigenvalue weighted by Crippen LogP contribution is 2.02. The molecule has 68 valence electrons. The molecule has 0 radical (unpaired) electrons. The summed E-state index contributed by atoms with van der Waals surface area (Å²) >= 11 is 3.30. The third-order valence-electron chi connectivity index (χ3n) is 0.885. The highest BCUT2D eigenvalue weighted by molar-refractivity contribution is 9.09. The first-order chi connectivity index (χ1) is 5.04. The molecule has 1 unspecified atom stereocenters. The van der Waals surface area contributed by atoms with Crippen LogP contribution in [0.3, 0.4) is 0 Å². The van der Waals surface area contributed by atoms with Gasteiger partial charge in [0.05, 0.1) is 0 Å². The Morgan fingerprint density at radius 2 is 2.00 bits per heavy atom. The van der Waals surface area contributed by atoms with Gasteiger partial charge in [-0.1, -0.05) is 22.9 Å². The summed E-state index contributed by atoms with van der Waals surface area (Å²) in [5.74, 6) is -0.218. The third-order valence-corrected chi connectivity index (χ3v) is 1.99. The molecule has 2 N–H and O–H groups in total. The summed E-state index contributed by atoms with van der Waals surface area (Å²) in [6.07, 6.45) is 0.908. The van der Waals surface area contributed by atoms with E-state index in [1.165, 1.54) is 0 Å². The van der Waals surface area contributed by atoms with E-state index in [2.05, 4.69) is 22.9 Å². The first kappa shape index (κ1) is 13.5. The molecule has 0 aromatic heterocycles. The number of aliphatic carboxylic acids is 1. The smallest absolute Gasteiger partial charge is 0.300 e. The van der Waals surface area contributed by atoms with Crippen molar-refractivity contribution in [1.29, 1.82) is 0 Å². The Morgan fingerprint density at radius 3 is 2.09 bits per heavy atom. The lowest BCUT2D eigenvalue weighted by molar-refractivity contribution is -0.134. The number of carboxylic acids is 1. The number of halogens is 1. The van der Waals surface area contributed by atoms with Crippen molar-refractivity contribution >= 4 is 21.9 Å². The minimum absolute atomic E-state index is 0.312. The highest BCUT2D eigenvalue weighted by Gasteiger charge is 1.94. The van der Waals surface area contributed by atoms with Crippen LogP contribution in [0.4, 0.5) is 0 Å². The van der Waals surface area contributed by atoms with Gasteiger partial charge in [0, 0.05) is 18.9 Å². The van der Waals surface area contributed by atoms with Gasteiger partial charge >= 0.3 is 0 Å². The number of alkyl halides is 1. The molecule has 3 nitrogen and oxygen atoms in total. The van der Waals surface area contributed by atoms with Gasteiger partial charge in [-0.05, 0) is 12.3 Å². The van der Waals surface area contributed by atoms with E-state index in [-0.39, 0.29) is 0 Å². The molecule has 0 fully saturated rings. The third kappa shape index (κ3) is 25.7. The van der Waals surface area contributed by atoms with Crippen molar-refractivity contribution in [3.63, 3.8) is 0 Å². The zero-order chi connectivity index (χ0) is 9.28. The van der Waals surface area contributed by atoms with Crippen molar-refractivity contribution in [1.82, 2.24) is 0 Å². The van der Waals surface area contributed by atoms with Gasteiger partial charge in [0.25, 0.3) is 5.97 Å². The zero-order valence-electron chi connectivity index (χ0n) is 6.88. The quantitative estimate of drug-likeness (QED) is 0.718. The SMILES string of the molecule is CC(=O)O.CC(CBr)CCO. The Bertz CT molecular complexity index is 91.7. The topological polar surface area (TPSA) is 57.5 Å². The molecule has 0 aromatic carbocycles. The number of aliphatic hydroxyl groups is 1. The molecule has 0 rings (SSSR count). The van der Waals surface area contributed by atoms with Crippen LogP contribution in [0.5, 0.6) is 0 Å². The molecule has 0 aliphatic carbocycles. The summed E-state index contributed by atoms with van der Waals surface area (Å²) in [5.41, 5.74) is 0. The summed E-state index contributed by atoms with van der Waals surface area (Å²) < 4.78 is 0. The van der Waals surface area contributed by atoms with E-state index in [1.807, 2.05) is 0 Å². The minimum atomic E-state index is -0.833. The van der Waals surface area contributed by atoms with Gasteiger partial charge < -0.3 is 10.2 Å². The molecule has 0 heterocycles. The standard InChI is InChI=1S/C5H11BrO.C2H4O2/c1-5(4-6)2-3-7;1-2(3)4/h5,7H,2-4H2,1H3;1H3,(H,3,4). The number of rotatable bonds is 3. The van der Waals surface area contributed by atoms with Crippen molar-refractivity contribution in [2.45, 2.75) is 20.3 Å².